The fourth-order valence-corrected chi connectivity index (χ4v) is 0.896. The molecule has 0 N–H and O–H groups in total. The molecule has 0 spiro atoms. The van der Waals surface area contributed by atoms with Crippen molar-refractivity contribution in [3.05, 3.63) is 22.6 Å². The number of aliphatic imine (C=N–C) groups is 1. The predicted octanol–water partition coefficient (Wildman–Crippen LogP) is 1.88. The Balaban J connectivity index is 2.66. The lowest BCUT2D eigenvalue weighted by Gasteiger charge is -1.80. The monoisotopic (exact) mass is 201 g/mol. The van der Waals surface area contributed by atoms with Crippen molar-refractivity contribution < 1.29 is 9.21 Å². The van der Waals surface area contributed by atoms with Gasteiger partial charge in [0.1, 0.15) is 18.6 Å². The number of carbonyl (C=O) groups excluding carboxylic acids is 1. The van der Waals surface area contributed by atoms with Crippen molar-refractivity contribution in [2.24, 2.45) is 4.99 Å². The van der Waals surface area contributed by atoms with Gasteiger partial charge in [-0.1, -0.05) is 0 Å². The van der Waals surface area contributed by atoms with Crippen LogP contribution < -0.4 is 0 Å². The number of rotatable bonds is 2. The summed E-state index contributed by atoms with van der Waals surface area (Å²) in [6.07, 6.45) is 2.96. The van der Waals surface area contributed by atoms with Gasteiger partial charge in [-0.05, 0) is 22.0 Å². The zero-order chi connectivity index (χ0) is 7.40. The Morgan fingerprint density at radius 1 is 1.80 bits per heavy atom. The van der Waals surface area contributed by atoms with E-state index in [9.17, 15) is 4.79 Å². The average molecular weight is 202 g/mol. The first-order chi connectivity index (χ1) is 4.83. The standard InChI is InChI=1S/C6H4BrNO2/c7-5-1-6(10-3-5)2-8-4-9/h1,3H,2H2. The molecule has 52 valence electrons. The lowest BCUT2D eigenvalue weighted by molar-refractivity contribution is 0.508. The third-order valence-electron chi connectivity index (χ3n) is 0.921. The summed E-state index contributed by atoms with van der Waals surface area (Å²) in [7, 11) is 0. The summed E-state index contributed by atoms with van der Waals surface area (Å²) in [5, 5.41) is 0. The van der Waals surface area contributed by atoms with E-state index in [4.69, 9.17) is 4.42 Å². The normalized spacial score (nSPS) is 8.90. The van der Waals surface area contributed by atoms with Gasteiger partial charge in [0.25, 0.3) is 0 Å². The molecule has 0 aliphatic carbocycles. The molecule has 4 heteroatoms. The molecule has 1 aromatic rings. The molecular formula is C6H4BrNO2. The van der Waals surface area contributed by atoms with Crippen LogP contribution in [0.25, 0.3) is 0 Å². The molecule has 0 unspecified atom stereocenters. The van der Waals surface area contributed by atoms with Gasteiger partial charge < -0.3 is 4.42 Å². The second kappa shape index (κ2) is 3.34. The van der Waals surface area contributed by atoms with Crippen LogP contribution in [-0.2, 0) is 11.3 Å². The minimum atomic E-state index is 0.259. The molecule has 1 rings (SSSR count). The fraction of sp³-hybridized carbons (Fsp3) is 0.167. The van der Waals surface area contributed by atoms with E-state index in [0.717, 1.165) is 4.47 Å². The number of hydrogen-bond acceptors (Lipinski definition) is 3. The summed E-state index contributed by atoms with van der Waals surface area (Å²) < 4.78 is 5.80. The second-order valence-corrected chi connectivity index (χ2v) is 2.55. The zero-order valence-corrected chi connectivity index (χ0v) is 6.59. The third kappa shape index (κ3) is 1.83. The van der Waals surface area contributed by atoms with Crippen LogP contribution in [0.4, 0.5) is 0 Å². The molecule has 0 fully saturated rings. The Kier molecular flexibility index (Phi) is 2.42. The molecule has 0 saturated heterocycles. The molecule has 1 heterocycles. The number of furan rings is 1. The third-order valence-corrected chi connectivity index (χ3v) is 1.34. The van der Waals surface area contributed by atoms with E-state index in [1.807, 2.05) is 0 Å². The summed E-state index contributed by atoms with van der Waals surface area (Å²) in [6.45, 7) is 0.259. The Hall–Kier alpha value is -0.860. The van der Waals surface area contributed by atoms with Crippen molar-refractivity contribution >= 4 is 22.0 Å². The number of hydrogen-bond donors (Lipinski definition) is 0. The molecule has 0 radical (unpaired) electrons. The van der Waals surface area contributed by atoms with Crippen LogP contribution in [0.1, 0.15) is 5.76 Å². The van der Waals surface area contributed by atoms with Crippen LogP contribution in [0.3, 0.4) is 0 Å². The van der Waals surface area contributed by atoms with Crippen molar-refractivity contribution in [2.45, 2.75) is 6.54 Å². The van der Waals surface area contributed by atoms with E-state index in [2.05, 4.69) is 20.9 Å². The average Bonchev–Trinajstić information content (AvgIpc) is 2.31. The van der Waals surface area contributed by atoms with Gasteiger partial charge in [0, 0.05) is 0 Å². The zero-order valence-electron chi connectivity index (χ0n) is 5.00. The number of isocyanates is 1. The predicted molar refractivity (Wildman–Crippen MR) is 38.2 cm³/mol. The van der Waals surface area contributed by atoms with E-state index < -0.39 is 0 Å². The first-order valence-electron chi connectivity index (χ1n) is 2.59. The Labute approximate surface area is 65.9 Å². The molecule has 0 aliphatic heterocycles. The molecular weight excluding hydrogens is 198 g/mol. The Morgan fingerprint density at radius 2 is 2.60 bits per heavy atom. The van der Waals surface area contributed by atoms with Gasteiger partial charge in [-0.3, -0.25) is 0 Å². The van der Waals surface area contributed by atoms with Crippen LogP contribution in [0, 0.1) is 0 Å². The van der Waals surface area contributed by atoms with E-state index >= 15 is 0 Å². The maximum Gasteiger partial charge on any atom is 0.235 e. The molecule has 3 nitrogen and oxygen atoms in total. The highest BCUT2D eigenvalue weighted by molar-refractivity contribution is 9.10. The van der Waals surface area contributed by atoms with Crippen LogP contribution in [0.5, 0.6) is 0 Å². The van der Waals surface area contributed by atoms with Crippen molar-refractivity contribution in [3.63, 3.8) is 0 Å². The van der Waals surface area contributed by atoms with Crippen molar-refractivity contribution in [1.29, 1.82) is 0 Å². The molecule has 1 aromatic heterocycles. The largest absolute Gasteiger partial charge is 0.466 e. The highest BCUT2D eigenvalue weighted by Crippen LogP contribution is 2.14. The van der Waals surface area contributed by atoms with E-state index in [0.29, 0.717) is 5.76 Å². The van der Waals surface area contributed by atoms with Gasteiger partial charge in [0.2, 0.25) is 6.08 Å². The number of nitrogens with zero attached hydrogens (tertiary/aromatic N) is 1. The van der Waals surface area contributed by atoms with E-state index in [1.54, 1.807) is 6.07 Å². The Morgan fingerprint density at radius 3 is 3.10 bits per heavy atom. The van der Waals surface area contributed by atoms with Crippen molar-refractivity contribution in [3.8, 4) is 0 Å². The van der Waals surface area contributed by atoms with Crippen LogP contribution >= 0.6 is 15.9 Å². The summed E-state index contributed by atoms with van der Waals surface area (Å²) in [5.74, 6) is 0.648. The second-order valence-electron chi connectivity index (χ2n) is 1.64. The molecule has 0 aliphatic rings. The lowest BCUT2D eigenvalue weighted by atomic mass is 10.5. The first-order valence-corrected chi connectivity index (χ1v) is 3.39. The number of halogens is 1. The van der Waals surface area contributed by atoms with Gasteiger partial charge in [0.05, 0.1) is 4.47 Å². The highest BCUT2D eigenvalue weighted by atomic mass is 79.9. The minimum absolute atomic E-state index is 0.259. The molecule has 0 aromatic carbocycles. The summed E-state index contributed by atoms with van der Waals surface area (Å²) in [5.41, 5.74) is 0. The molecule has 0 amide bonds. The first kappa shape index (κ1) is 7.25. The van der Waals surface area contributed by atoms with Crippen molar-refractivity contribution in [2.75, 3.05) is 0 Å². The topological polar surface area (TPSA) is 42.6 Å². The molecule has 0 bridgehead atoms. The van der Waals surface area contributed by atoms with E-state index in [-0.39, 0.29) is 6.54 Å². The maximum absolute atomic E-state index is 9.64. The van der Waals surface area contributed by atoms with Gasteiger partial charge in [-0.15, -0.1) is 0 Å². The smallest absolute Gasteiger partial charge is 0.235 e. The van der Waals surface area contributed by atoms with E-state index in [1.165, 1.54) is 12.3 Å². The lowest BCUT2D eigenvalue weighted by Crippen LogP contribution is -1.72. The SMILES string of the molecule is O=C=NCc1cc(Br)co1. The summed E-state index contributed by atoms with van der Waals surface area (Å²) in [4.78, 5) is 13.0. The van der Waals surface area contributed by atoms with Gasteiger partial charge in [-0.2, -0.15) is 4.99 Å². The van der Waals surface area contributed by atoms with Crippen LogP contribution in [0.15, 0.2) is 26.2 Å². The molecule has 0 atom stereocenters. The van der Waals surface area contributed by atoms with Crippen LogP contribution in [0.2, 0.25) is 0 Å². The quantitative estimate of drug-likeness (QED) is 0.542. The van der Waals surface area contributed by atoms with Crippen molar-refractivity contribution in [1.82, 2.24) is 0 Å². The van der Waals surface area contributed by atoms with Gasteiger partial charge in [-0.25, -0.2) is 4.79 Å². The summed E-state index contributed by atoms with van der Waals surface area (Å²) in [6, 6.07) is 1.75. The molecule has 10 heavy (non-hydrogen) atoms. The van der Waals surface area contributed by atoms with Gasteiger partial charge >= 0.3 is 0 Å². The molecule has 0 saturated carbocycles. The van der Waals surface area contributed by atoms with Crippen LogP contribution in [-0.4, -0.2) is 6.08 Å². The van der Waals surface area contributed by atoms with Gasteiger partial charge in [0.15, 0.2) is 0 Å². The summed E-state index contributed by atoms with van der Waals surface area (Å²) >= 11 is 3.19. The highest BCUT2D eigenvalue weighted by Gasteiger charge is 1.95. The minimum Gasteiger partial charge on any atom is -0.466 e. The Bertz CT molecular complexity index is 262. The maximum atomic E-state index is 9.64. The fourth-order valence-electron chi connectivity index (χ4n) is 0.547.